The van der Waals surface area contributed by atoms with Gasteiger partial charge in [0.15, 0.2) is 0 Å². The van der Waals surface area contributed by atoms with Crippen LogP contribution in [0.3, 0.4) is 0 Å². The van der Waals surface area contributed by atoms with E-state index in [1.165, 1.54) is 12.2 Å². The van der Waals surface area contributed by atoms with Crippen LogP contribution in [0.25, 0.3) is 12.2 Å². The van der Waals surface area contributed by atoms with Gasteiger partial charge in [-0.3, -0.25) is 9.59 Å². The zero-order valence-electron chi connectivity index (χ0n) is 18.1. The summed E-state index contributed by atoms with van der Waals surface area (Å²) < 4.78 is 0. The highest BCUT2D eigenvalue weighted by Crippen LogP contribution is 2.22. The molecule has 0 aromatic heterocycles. The van der Waals surface area contributed by atoms with Crippen LogP contribution >= 0.6 is 46.4 Å². The normalized spacial score (nSPS) is 11.3. The molecule has 2 N–H and O–H groups in total. The Hall–Kier alpha value is -1.98. The first-order valence-corrected chi connectivity index (χ1v) is 12.2. The van der Waals surface area contributed by atoms with Crippen molar-refractivity contribution in [3.63, 3.8) is 0 Å². The van der Waals surface area contributed by atoms with Gasteiger partial charge in [-0.25, -0.2) is 0 Å². The number of unbranched alkanes of at least 4 members (excludes halogenated alkanes) is 4. The van der Waals surface area contributed by atoms with Gasteiger partial charge in [0.2, 0.25) is 11.8 Å². The van der Waals surface area contributed by atoms with Crippen molar-refractivity contribution >= 4 is 70.4 Å². The Morgan fingerprint density at radius 1 is 0.636 bits per heavy atom. The largest absolute Gasteiger partial charge is 0.353 e. The summed E-state index contributed by atoms with van der Waals surface area (Å²) in [6.45, 7) is 1.23. The molecule has 0 atom stereocenters. The third-order valence-corrected chi connectivity index (χ3v) is 5.83. The standard InChI is InChI=1S/C25H26Cl4N2O2/c26-20-10-6-18(22(28)16-20)8-12-24(32)30-14-4-2-1-3-5-15-31-25(33)13-9-19-7-11-21(27)17-23(19)29/h6-13,16-17H,1-5,14-15H2,(H,30,32)(H,31,33)/b12-8+,13-9+. The molecule has 33 heavy (non-hydrogen) atoms. The van der Waals surface area contributed by atoms with E-state index in [2.05, 4.69) is 10.6 Å². The zero-order valence-corrected chi connectivity index (χ0v) is 21.1. The first kappa shape index (κ1) is 27.3. The van der Waals surface area contributed by atoms with Crippen molar-refractivity contribution in [1.82, 2.24) is 10.6 Å². The third-order valence-electron chi connectivity index (χ3n) is 4.71. The molecule has 0 aliphatic rings. The van der Waals surface area contributed by atoms with Crippen LogP contribution in [-0.2, 0) is 9.59 Å². The van der Waals surface area contributed by atoms with Gasteiger partial charge in [-0.15, -0.1) is 0 Å². The number of rotatable bonds is 12. The van der Waals surface area contributed by atoms with Crippen LogP contribution in [0, 0.1) is 0 Å². The molecule has 0 spiro atoms. The monoisotopic (exact) mass is 526 g/mol. The first-order valence-electron chi connectivity index (χ1n) is 10.7. The summed E-state index contributed by atoms with van der Waals surface area (Å²) >= 11 is 23.9. The lowest BCUT2D eigenvalue weighted by Gasteiger charge is -2.04. The van der Waals surface area contributed by atoms with Crippen molar-refractivity contribution in [3.05, 3.63) is 79.8 Å². The summed E-state index contributed by atoms with van der Waals surface area (Å²) in [4.78, 5) is 23.8. The second-order valence-electron chi connectivity index (χ2n) is 7.35. The van der Waals surface area contributed by atoms with Crippen molar-refractivity contribution in [2.24, 2.45) is 0 Å². The first-order chi connectivity index (χ1) is 15.8. The molecule has 0 bridgehead atoms. The molecule has 0 unspecified atom stereocenters. The number of hydrogen-bond donors (Lipinski definition) is 2. The second-order valence-corrected chi connectivity index (χ2v) is 9.04. The maximum absolute atomic E-state index is 11.9. The average molecular weight is 528 g/mol. The quantitative estimate of drug-likeness (QED) is 0.226. The number of carbonyl (C=O) groups excluding carboxylic acids is 2. The molecule has 0 saturated carbocycles. The predicted molar refractivity (Wildman–Crippen MR) is 140 cm³/mol. The summed E-state index contributed by atoms with van der Waals surface area (Å²) in [5, 5.41) is 7.84. The molecule has 0 aliphatic carbocycles. The smallest absolute Gasteiger partial charge is 0.243 e. The van der Waals surface area contributed by atoms with Gasteiger partial charge in [0, 0.05) is 45.3 Å². The van der Waals surface area contributed by atoms with E-state index in [0.29, 0.717) is 33.2 Å². The lowest BCUT2D eigenvalue weighted by atomic mass is 10.1. The number of carbonyl (C=O) groups is 2. The van der Waals surface area contributed by atoms with Crippen LogP contribution in [0.5, 0.6) is 0 Å². The molecule has 8 heteroatoms. The fourth-order valence-corrected chi connectivity index (χ4v) is 3.87. The van der Waals surface area contributed by atoms with E-state index in [0.717, 1.165) is 43.2 Å². The molecular formula is C25H26Cl4N2O2. The van der Waals surface area contributed by atoms with Crippen LogP contribution < -0.4 is 10.6 Å². The Morgan fingerprint density at radius 3 is 1.42 bits per heavy atom. The van der Waals surface area contributed by atoms with Gasteiger partial charge in [0.05, 0.1) is 0 Å². The van der Waals surface area contributed by atoms with Crippen LogP contribution in [0.4, 0.5) is 0 Å². The molecule has 4 nitrogen and oxygen atoms in total. The van der Waals surface area contributed by atoms with Crippen molar-refractivity contribution in [1.29, 1.82) is 0 Å². The number of halogens is 4. The van der Waals surface area contributed by atoms with Crippen molar-refractivity contribution in [2.75, 3.05) is 13.1 Å². The number of benzene rings is 2. The minimum atomic E-state index is -0.156. The Labute approximate surface area is 214 Å². The Bertz CT molecular complexity index is 926. The van der Waals surface area contributed by atoms with E-state index < -0.39 is 0 Å². The van der Waals surface area contributed by atoms with Gasteiger partial charge in [-0.2, -0.15) is 0 Å². The lowest BCUT2D eigenvalue weighted by molar-refractivity contribution is -0.117. The minimum absolute atomic E-state index is 0.156. The van der Waals surface area contributed by atoms with Crippen LogP contribution in [0.2, 0.25) is 20.1 Å². The zero-order chi connectivity index (χ0) is 24.1. The Morgan fingerprint density at radius 2 is 1.03 bits per heavy atom. The Kier molecular flexibility index (Phi) is 12.4. The number of nitrogens with one attached hydrogen (secondary N) is 2. The van der Waals surface area contributed by atoms with Crippen molar-refractivity contribution < 1.29 is 9.59 Å². The predicted octanol–water partition coefficient (Wildman–Crippen LogP) is 7.21. The minimum Gasteiger partial charge on any atom is -0.353 e. The highest BCUT2D eigenvalue weighted by Gasteiger charge is 2.01. The van der Waals surface area contributed by atoms with E-state index >= 15 is 0 Å². The van der Waals surface area contributed by atoms with E-state index in [1.54, 1.807) is 48.6 Å². The molecule has 0 fully saturated rings. The number of amides is 2. The summed E-state index contributed by atoms with van der Waals surface area (Å²) in [6, 6.07) is 10.3. The highest BCUT2D eigenvalue weighted by molar-refractivity contribution is 6.36. The van der Waals surface area contributed by atoms with Crippen LogP contribution in [-0.4, -0.2) is 24.9 Å². The molecule has 2 aromatic rings. The van der Waals surface area contributed by atoms with Crippen molar-refractivity contribution in [3.8, 4) is 0 Å². The molecule has 0 heterocycles. The lowest BCUT2D eigenvalue weighted by Crippen LogP contribution is -2.22. The molecule has 2 aromatic carbocycles. The SMILES string of the molecule is O=C(/C=C/c1ccc(Cl)cc1Cl)NCCCCCCCNC(=O)/C=C/c1ccc(Cl)cc1Cl. The van der Waals surface area contributed by atoms with Gasteiger partial charge < -0.3 is 10.6 Å². The van der Waals surface area contributed by atoms with Crippen LogP contribution in [0.15, 0.2) is 48.6 Å². The molecule has 0 radical (unpaired) electrons. The summed E-state index contributed by atoms with van der Waals surface area (Å²) in [6.07, 6.45) is 11.1. The van der Waals surface area contributed by atoms with E-state index in [1.807, 2.05) is 0 Å². The Balaban J connectivity index is 1.50. The fraction of sp³-hybridized carbons (Fsp3) is 0.280. The maximum Gasteiger partial charge on any atom is 0.243 e. The summed E-state index contributed by atoms with van der Waals surface area (Å²) in [5.41, 5.74) is 1.49. The molecule has 176 valence electrons. The second kappa shape index (κ2) is 15.0. The fourth-order valence-electron chi connectivity index (χ4n) is 2.93. The van der Waals surface area contributed by atoms with E-state index in [4.69, 9.17) is 46.4 Å². The van der Waals surface area contributed by atoms with Crippen molar-refractivity contribution in [2.45, 2.75) is 32.1 Å². The van der Waals surface area contributed by atoms with Gasteiger partial charge in [-0.1, -0.05) is 77.8 Å². The van der Waals surface area contributed by atoms with Gasteiger partial charge >= 0.3 is 0 Å². The van der Waals surface area contributed by atoms with Crippen LogP contribution in [0.1, 0.15) is 43.2 Å². The molecule has 0 aliphatic heterocycles. The average Bonchev–Trinajstić information content (AvgIpc) is 2.76. The molecule has 0 saturated heterocycles. The summed E-state index contributed by atoms with van der Waals surface area (Å²) in [5.74, 6) is -0.312. The molecule has 2 amide bonds. The summed E-state index contributed by atoms with van der Waals surface area (Å²) in [7, 11) is 0. The van der Waals surface area contributed by atoms with E-state index in [-0.39, 0.29) is 11.8 Å². The van der Waals surface area contributed by atoms with Gasteiger partial charge in [-0.05, 0) is 60.4 Å². The van der Waals surface area contributed by atoms with Gasteiger partial charge in [0.1, 0.15) is 0 Å². The highest BCUT2D eigenvalue weighted by atomic mass is 35.5. The topological polar surface area (TPSA) is 58.2 Å². The molecular weight excluding hydrogens is 502 g/mol. The van der Waals surface area contributed by atoms with E-state index in [9.17, 15) is 9.59 Å². The third kappa shape index (κ3) is 11.1. The maximum atomic E-state index is 11.9. The van der Waals surface area contributed by atoms with Gasteiger partial charge in [0.25, 0.3) is 0 Å². The number of hydrogen-bond acceptors (Lipinski definition) is 2. The molecule has 2 rings (SSSR count).